The molecule has 154 valence electrons. The molecular formula is C25H33N3O. The van der Waals surface area contributed by atoms with Crippen molar-refractivity contribution in [3.63, 3.8) is 0 Å². The van der Waals surface area contributed by atoms with Gasteiger partial charge in [0.1, 0.15) is 0 Å². The summed E-state index contributed by atoms with van der Waals surface area (Å²) in [5, 5.41) is 0. The molecule has 4 rings (SSSR count). The van der Waals surface area contributed by atoms with Gasteiger partial charge in [-0.1, -0.05) is 30.7 Å². The van der Waals surface area contributed by atoms with Crippen LogP contribution in [0.5, 0.6) is 0 Å². The predicted molar refractivity (Wildman–Crippen MR) is 117 cm³/mol. The molecule has 3 heterocycles. The average molecular weight is 392 g/mol. The molecule has 1 aromatic carbocycles. The molecule has 1 aromatic heterocycles. The molecule has 4 nitrogen and oxygen atoms in total. The van der Waals surface area contributed by atoms with Gasteiger partial charge in [-0.2, -0.15) is 0 Å². The van der Waals surface area contributed by atoms with Crippen LogP contribution in [-0.4, -0.2) is 46.9 Å². The fourth-order valence-corrected chi connectivity index (χ4v) is 4.71. The standard InChI is InChI=1S/C25H33N3O/c1-20-24(6-5-13-26-20)25(29)28-16-11-22(12-17-28)18-21-7-9-23(10-8-21)19-27-14-3-2-4-15-27/h5-10,13,22H,2-4,11-12,14-19H2,1H3. The number of carbonyl (C=O) groups is 1. The van der Waals surface area contributed by atoms with E-state index < -0.39 is 0 Å². The molecule has 1 amide bonds. The van der Waals surface area contributed by atoms with Gasteiger partial charge in [-0.25, -0.2) is 0 Å². The van der Waals surface area contributed by atoms with Crippen LogP contribution >= 0.6 is 0 Å². The highest BCUT2D eigenvalue weighted by Gasteiger charge is 2.24. The minimum absolute atomic E-state index is 0.135. The number of amides is 1. The van der Waals surface area contributed by atoms with Gasteiger partial charge >= 0.3 is 0 Å². The highest BCUT2D eigenvalue weighted by atomic mass is 16.2. The van der Waals surface area contributed by atoms with E-state index in [4.69, 9.17) is 0 Å². The Balaban J connectivity index is 1.26. The minimum Gasteiger partial charge on any atom is -0.339 e. The summed E-state index contributed by atoms with van der Waals surface area (Å²) in [6, 6.07) is 13.0. The number of likely N-dealkylation sites (tertiary alicyclic amines) is 2. The largest absolute Gasteiger partial charge is 0.339 e. The number of aryl methyl sites for hydroxylation is 1. The lowest BCUT2D eigenvalue weighted by molar-refractivity contribution is 0.0689. The van der Waals surface area contributed by atoms with Gasteiger partial charge < -0.3 is 4.90 Å². The fourth-order valence-electron chi connectivity index (χ4n) is 4.71. The third kappa shape index (κ3) is 5.24. The zero-order valence-electron chi connectivity index (χ0n) is 17.6. The van der Waals surface area contributed by atoms with Crippen LogP contribution in [0, 0.1) is 12.8 Å². The van der Waals surface area contributed by atoms with Crippen molar-refractivity contribution in [2.45, 2.75) is 52.0 Å². The molecule has 2 aliphatic rings. The van der Waals surface area contributed by atoms with Crippen molar-refractivity contribution in [2.75, 3.05) is 26.2 Å². The van der Waals surface area contributed by atoms with Gasteiger partial charge in [-0.05, 0) is 81.3 Å². The molecule has 0 saturated carbocycles. The number of rotatable bonds is 5. The molecule has 0 unspecified atom stereocenters. The van der Waals surface area contributed by atoms with Crippen LogP contribution in [0.3, 0.4) is 0 Å². The third-order valence-corrected chi connectivity index (χ3v) is 6.54. The Hall–Kier alpha value is -2.20. The first kappa shape index (κ1) is 20.1. The zero-order chi connectivity index (χ0) is 20.1. The summed E-state index contributed by atoms with van der Waals surface area (Å²) in [5.74, 6) is 0.804. The summed E-state index contributed by atoms with van der Waals surface area (Å²) in [4.78, 5) is 21.6. The number of benzene rings is 1. The zero-order valence-corrected chi connectivity index (χ0v) is 17.6. The Morgan fingerprint density at radius 1 is 0.966 bits per heavy atom. The molecular weight excluding hydrogens is 358 g/mol. The van der Waals surface area contributed by atoms with Crippen molar-refractivity contribution in [1.29, 1.82) is 0 Å². The smallest absolute Gasteiger partial charge is 0.255 e. The maximum Gasteiger partial charge on any atom is 0.255 e. The number of piperidine rings is 2. The number of carbonyl (C=O) groups excluding carboxylic acids is 1. The van der Waals surface area contributed by atoms with E-state index in [9.17, 15) is 4.79 Å². The van der Waals surface area contributed by atoms with Gasteiger partial charge in [0.25, 0.3) is 5.91 Å². The second-order valence-corrected chi connectivity index (χ2v) is 8.73. The van der Waals surface area contributed by atoms with Crippen LogP contribution in [0.25, 0.3) is 0 Å². The van der Waals surface area contributed by atoms with E-state index >= 15 is 0 Å². The van der Waals surface area contributed by atoms with Gasteiger partial charge in [0, 0.05) is 31.5 Å². The molecule has 2 fully saturated rings. The van der Waals surface area contributed by atoms with E-state index in [1.807, 2.05) is 24.0 Å². The van der Waals surface area contributed by atoms with Gasteiger partial charge in [0.05, 0.1) is 5.56 Å². The summed E-state index contributed by atoms with van der Waals surface area (Å²) in [6.45, 7) is 7.20. The maximum absolute atomic E-state index is 12.8. The monoisotopic (exact) mass is 391 g/mol. The van der Waals surface area contributed by atoms with E-state index in [0.717, 1.165) is 50.2 Å². The van der Waals surface area contributed by atoms with Crippen LogP contribution in [0.2, 0.25) is 0 Å². The number of hydrogen-bond acceptors (Lipinski definition) is 3. The lowest BCUT2D eigenvalue weighted by Gasteiger charge is -2.32. The van der Waals surface area contributed by atoms with Crippen molar-refractivity contribution in [3.05, 3.63) is 65.0 Å². The fraction of sp³-hybridized carbons (Fsp3) is 0.520. The first-order valence-corrected chi connectivity index (χ1v) is 11.2. The molecule has 0 atom stereocenters. The molecule has 29 heavy (non-hydrogen) atoms. The van der Waals surface area contributed by atoms with Gasteiger partial charge in [-0.15, -0.1) is 0 Å². The Morgan fingerprint density at radius 3 is 2.34 bits per heavy atom. The quantitative estimate of drug-likeness (QED) is 0.754. The third-order valence-electron chi connectivity index (χ3n) is 6.54. The van der Waals surface area contributed by atoms with E-state index in [1.54, 1.807) is 6.20 Å². The highest BCUT2D eigenvalue weighted by Crippen LogP contribution is 2.24. The Bertz CT molecular complexity index is 803. The molecule has 2 aliphatic heterocycles. The van der Waals surface area contributed by atoms with E-state index in [0.29, 0.717) is 5.92 Å². The van der Waals surface area contributed by atoms with Crippen molar-refractivity contribution < 1.29 is 4.79 Å². The van der Waals surface area contributed by atoms with Crippen LogP contribution in [-0.2, 0) is 13.0 Å². The Morgan fingerprint density at radius 2 is 1.66 bits per heavy atom. The molecule has 0 bridgehead atoms. The molecule has 0 N–H and O–H groups in total. The SMILES string of the molecule is Cc1ncccc1C(=O)N1CCC(Cc2ccc(CN3CCCCC3)cc2)CC1. The van der Waals surface area contributed by atoms with Crippen molar-refractivity contribution >= 4 is 5.91 Å². The van der Waals surface area contributed by atoms with Gasteiger partial charge in [0.2, 0.25) is 0 Å². The van der Waals surface area contributed by atoms with Crippen LogP contribution in [0.4, 0.5) is 0 Å². The summed E-state index contributed by atoms with van der Waals surface area (Å²) >= 11 is 0. The van der Waals surface area contributed by atoms with Gasteiger partial charge in [-0.3, -0.25) is 14.7 Å². The number of nitrogens with zero attached hydrogens (tertiary/aromatic N) is 3. The van der Waals surface area contributed by atoms with Crippen molar-refractivity contribution in [3.8, 4) is 0 Å². The van der Waals surface area contributed by atoms with Crippen molar-refractivity contribution in [2.24, 2.45) is 5.92 Å². The van der Waals surface area contributed by atoms with Crippen LogP contribution in [0.15, 0.2) is 42.6 Å². The number of hydrogen-bond donors (Lipinski definition) is 0. The Kier molecular flexibility index (Phi) is 6.60. The second kappa shape index (κ2) is 9.53. The van der Waals surface area contributed by atoms with Crippen molar-refractivity contribution in [1.82, 2.24) is 14.8 Å². The average Bonchev–Trinajstić information content (AvgIpc) is 2.76. The van der Waals surface area contributed by atoms with Crippen LogP contribution < -0.4 is 0 Å². The molecule has 0 spiro atoms. The lowest BCUT2D eigenvalue weighted by atomic mass is 9.89. The molecule has 0 aliphatic carbocycles. The second-order valence-electron chi connectivity index (χ2n) is 8.73. The number of pyridine rings is 1. The molecule has 2 saturated heterocycles. The van der Waals surface area contributed by atoms with Crippen LogP contribution in [0.1, 0.15) is 59.3 Å². The first-order valence-electron chi connectivity index (χ1n) is 11.2. The first-order chi connectivity index (χ1) is 14.2. The topological polar surface area (TPSA) is 36.4 Å². The van der Waals surface area contributed by atoms with Gasteiger partial charge in [0.15, 0.2) is 0 Å². The van der Waals surface area contributed by atoms with E-state index in [-0.39, 0.29) is 5.91 Å². The normalized spacial score (nSPS) is 18.7. The maximum atomic E-state index is 12.8. The summed E-state index contributed by atoms with van der Waals surface area (Å²) < 4.78 is 0. The minimum atomic E-state index is 0.135. The molecule has 0 radical (unpaired) electrons. The summed E-state index contributed by atoms with van der Waals surface area (Å²) in [7, 11) is 0. The molecule has 4 heteroatoms. The lowest BCUT2D eigenvalue weighted by Crippen LogP contribution is -2.39. The summed E-state index contributed by atoms with van der Waals surface area (Å²) in [6.07, 6.45) is 9.12. The van der Waals surface area contributed by atoms with E-state index in [1.165, 1.54) is 43.5 Å². The highest BCUT2D eigenvalue weighted by molar-refractivity contribution is 5.95. The Labute approximate surface area is 174 Å². The molecule has 2 aromatic rings. The van der Waals surface area contributed by atoms with E-state index in [2.05, 4.69) is 34.1 Å². The predicted octanol–water partition coefficient (Wildman–Crippen LogP) is 4.47. The summed E-state index contributed by atoms with van der Waals surface area (Å²) in [5.41, 5.74) is 4.43. The number of aromatic nitrogens is 1.